The Morgan fingerprint density at radius 3 is 1.60 bits per heavy atom. The lowest BCUT2D eigenvalue weighted by Gasteiger charge is -2.32. The third kappa shape index (κ3) is 5.08. The molecular formula is C44H40O4. The van der Waals surface area contributed by atoms with Gasteiger partial charge in [0.1, 0.15) is 22.7 Å². The zero-order valence-corrected chi connectivity index (χ0v) is 27.0. The lowest BCUT2D eigenvalue weighted by molar-refractivity contribution is 0.0451. The average Bonchev–Trinajstić information content (AvgIpc) is 3.57. The Morgan fingerprint density at radius 1 is 0.500 bits per heavy atom. The summed E-state index contributed by atoms with van der Waals surface area (Å²) < 4.78 is 12.1. The molecule has 0 aliphatic heterocycles. The molecule has 0 fully saturated rings. The molecular weight excluding hydrogens is 592 g/mol. The summed E-state index contributed by atoms with van der Waals surface area (Å²) in [7, 11) is 0. The molecule has 5 aromatic carbocycles. The predicted octanol–water partition coefficient (Wildman–Crippen LogP) is 9.04. The molecule has 3 aliphatic rings. The van der Waals surface area contributed by atoms with Crippen LogP contribution in [0.3, 0.4) is 0 Å². The van der Waals surface area contributed by atoms with Gasteiger partial charge in [-0.05, 0) is 83.3 Å². The highest BCUT2D eigenvalue weighted by Crippen LogP contribution is 2.55. The molecule has 48 heavy (non-hydrogen) atoms. The first-order valence-electron chi connectivity index (χ1n) is 17.1. The first-order chi connectivity index (χ1) is 23.6. The molecule has 3 unspecified atom stereocenters. The number of unbranched alkanes of at least 4 members (excludes halogenated alkanes) is 3. The molecule has 0 radical (unpaired) electrons. The van der Waals surface area contributed by atoms with Crippen molar-refractivity contribution in [2.45, 2.75) is 42.8 Å². The van der Waals surface area contributed by atoms with E-state index >= 15 is 0 Å². The first-order valence-corrected chi connectivity index (χ1v) is 17.1. The van der Waals surface area contributed by atoms with Gasteiger partial charge in [0.05, 0.1) is 13.2 Å². The van der Waals surface area contributed by atoms with Crippen molar-refractivity contribution in [3.05, 3.63) is 179 Å². The van der Waals surface area contributed by atoms with Gasteiger partial charge in [-0.25, -0.2) is 0 Å². The van der Waals surface area contributed by atoms with Crippen molar-refractivity contribution in [2.75, 3.05) is 13.2 Å². The van der Waals surface area contributed by atoms with Crippen LogP contribution in [0.2, 0.25) is 0 Å². The highest BCUT2D eigenvalue weighted by Gasteiger charge is 2.50. The van der Waals surface area contributed by atoms with Crippen molar-refractivity contribution in [1.82, 2.24) is 0 Å². The maximum absolute atomic E-state index is 12.1. The zero-order chi connectivity index (χ0) is 32.6. The smallest absolute Gasteiger partial charge is 0.141 e. The number of hydrogen-bond acceptors (Lipinski definition) is 4. The number of allylic oxidation sites excluding steroid dienone is 3. The largest absolute Gasteiger partial charge is 0.494 e. The third-order valence-corrected chi connectivity index (χ3v) is 10.4. The van der Waals surface area contributed by atoms with E-state index < -0.39 is 11.2 Å². The van der Waals surface area contributed by atoms with Gasteiger partial charge in [-0.3, -0.25) is 0 Å². The van der Waals surface area contributed by atoms with Crippen LogP contribution in [0.4, 0.5) is 0 Å². The molecule has 0 bridgehead atoms. The van der Waals surface area contributed by atoms with E-state index in [0.29, 0.717) is 13.2 Å². The minimum absolute atomic E-state index is 0.0177. The second-order valence-electron chi connectivity index (χ2n) is 13.1. The van der Waals surface area contributed by atoms with Gasteiger partial charge in [0, 0.05) is 23.0 Å². The van der Waals surface area contributed by atoms with Crippen LogP contribution < -0.4 is 9.47 Å². The third-order valence-electron chi connectivity index (χ3n) is 10.4. The van der Waals surface area contributed by atoms with Gasteiger partial charge in [-0.1, -0.05) is 121 Å². The minimum Gasteiger partial charge on any atom is -0.494 e. The molecule has 0 aromatic heterocycles. The van der Waals surface area contributed by atoms with E-state index in [9.17, 15) is 10.2 Å². The summed E-state index contributed by atoms with van der Waals surface area (Å²) in [5.41, 5.74) is 5.70. The van der Waals surface area contributed by atoms with E-state index in [0.717, 1.165) is 76.1 Å². The molecule has 3 aliphatic carbocycles. The fourth-order valence-electron chi connectivity index (χ4n) is 8.02. The number of ether oxygens (including phenoxy) is 2. The molecule has 5 aromatic rings. The standard InChI is InChI=1S/C44H40O4/c45-43(39-17-7-3-13-35(39)36-14-4-8-18-40(36)43)31-21-25-33(26-22-31)47-29-11-1-2-12-30-48-34-27-23-32(24-28-34)44(46)41-19-9-5-15-37(41)38-16-6-10-20-42(38)44/h3-10,13-28,35,39,45-46H,1-2,11-12,29-30H2. The maximum Gasteiger partial charge on any atom is 0.141 e. The monoisotopic (exact) mass is 632 g/mol. The first kappa shape index (κ1) is 30.4. The van der Waals surface area contributed by atoms with Crippen LogP contribution >= 0.6 is 0 Å². The van der Waals surface area contributed by atoms with E-state index in [4.69, 9.17) is 9.47 Å². The lowest BCUT2D eigenvalue weighted by atomic mass is 9.77. The molecule has 4 nitrogen and oxygen atoms in total. The second kappa shape index (κ2) is 12.6. The summed E-state index contributed by atoms with van der Waals surface area (Å²) in [6.07, 6.45) is 12.5. The molecule has 0 saturated carbocycles. The molecule has 0 saturated heterocycles. The van der Waals surface area contributed by atoms with Crippen molar-refractivity contribution < 1.29 is 19.7 Å². The van der Waals surface area contributed by atoms with Crippen molar-refractivity contribution in [2.24, 2.45) is 5.92 Å². The Kier molecular flexibility index (Phi) is 7.99. The summed E-state index contributed by atoms with van der Waals surface area (Å²) in [5.74, 6) is 1.80. The predicted molar refractivity (Wildman–Crippen MR) is 190 cm³/mol. The highest BCUT2D eigenvalue weighted by atomic mass is 16.5. The van der Waals surface area contributed by atoms with Crippen LogP contribution in [0, 0.1) is 5.92 Å². The summed E-state index contributed by atoms with van der Waals surface area (Å²) in [5, 5.41) is 24.1. The van der Waals surface area contributed by atoms with Crippen molar-refractivity contribution in [3.8, 4) is 22.6 Å². The van der Waals surface area contributed by atoms with E-state index in [1.54, 1.807) is 0 Å². The van der Waals surface area contributed by atoms with Crippen LogP contribution in [0.5, 0.6) is 11.5 Å². The van der Waals surface area contributed by atoms with E-state index in [1.807, 2.05) is 97.1 Å². The fraction of sp³-hybridized carbons (Fsp3) is 0.227. The molecule has 2 N–H and O–H groups in total. The molecule has 3 atom stereocenters. The number of aliphatic hydroxyl groups is 2. The molecule has 0 heterocycles. The molecule has 240 valence electrons. The maximum atomic E-state index is 12.1. The van der Waals surface area contributed by atoms with Crippen molar-refractivity contribution in [1.29, 1.82) is 0 Å². The average molecular weight is 633 g/mol. The van der Waals surface area contributed by atoms with Crippen LogP contribution in [0.25, 0.3) is 11.1 Å². The van der Waals surface area contributed by atoms with E-state index in [-0.39, 0.29) is 11.8 Å². The Hall–Kier alpha value is -4.90. The zero-order valence-electron chi connectivity index (χ0n) is 27.0. The van der Waals surface area contributed by atoms with Gasteiger partial charge < -0.3 is 19.7 Å². The van der Waals surface area contributed by atoms with Crippen molar-refractivity contribution >= 4 is 0 Å². The number of benzene rings is 5. The van der Waals surface area contributed by atoms with E-state index in [2.05, 4.69) is 48.6 Å². The summed E-state index contributed by atoms with van der Waals surface area (Å²) in [6, 6.07) is 40.3. The second-order valence-corrected chi connectivity index (χ2v) is 13.1. The van der Waals surface area contributed by atoms with E-state index in [1.165, 1.54) is 5.56 Å². The lowest BCUT2D eigenvalue weighted by Crippen LogP contribution is -2.33. The molecule has 0 spiro atoms. The Bertz CT molecular complexity index is 1930. The normalized spacial score (nSPS) is 20.9. The van der Waals surface area contributed by atoms with Gasteiger partial charge in [0.2, 0.25) is 0 Å². The molecule has 0 amide bonds. The molecule has 4 heteroatoms. The van der Waals surface area contributed by atoms with Crippen molar-refractivity contribution in [3.63, 3.8) is 0 Å². The summed E-state index contributed by atoms with van der Waals surface area (Å²) >= 11 is 0. The number of hydrogen-bond donors (Lipinski definition) is 2. The van der Waals surface area contributed by atoms with Crippen LogP contribution in [-0.4, -0.2) is 23.4 Å². The van der Waals surface area contributed by atoms with Gasteiger partial charge in [0.15, 0.2) is 0 Å². The molecule has 8 rings (SSSR count). The summed E-state index contributed by atoms with van der Waals surface area (Å²) in [4.78, 5) is 0. The van der Waals surface area contributed by atoms with Gasteiger partial charge >= 0.3 is 0 Å². The number of fused-ring (bicyclic) bond motifs is 6. The minimum atomic E-state index is -1.17. The Balaban J connectivity index is 0.795. The Morgan fingerprint density at radius 2 is 1.00 bits per heavy atom. The fourth-order valence-corrected chi connectivity index (χ4v) is 8.02. The van der Waals surface area contributed by atoms with Crippen LogP contribution in [0.1, 0.15) is 65.0 Å². The van der Waals surface area contributed by atoms with Crippen LogP contribution in [0.15, 0.2) is 146 Å². The van der Waals surface area contributed by atoms with Crippen LogP contribution in [-0.2, 0) is 11.2 Å². The Labute approximate surface area is 282 Å². The SMILES string of the molecule is OC1(c2ccc(OCCCCCCOc3ccc(C4(O)c5ccccc5C5C=CC=CC54)cc3)cc2)c2ccccc2-c2ccccc21. The number of rotatable bonds is 11. The highest BCUT2D eigenvalue weighted by molar-refractivity contribution is 5.82. The van der Waals surface area contributed by atoms with Gasteiger partial charge in [-0.15, -0.1) is 0 Å². The topological polar surface area (TPSA) is 58.9 Å². The van der Waals surface area contributed by atoms with Gasteiger partial charge in [0.25, 0.3) is 0 Å². The van der Waals surface area contributed by atoms with Gasteiger partial charge in [-0.2, -0.15) is 0 Å². The summed E-state index contributed by atoms with van der Waals surface area (Å²) in [6.45, 7) is 1.30. The quantitative estimate of drug-likeness (QED) is 0.143.